The van der Waals surface area contributed by atoms with E-state index in [0.29, 0.717) is 10.6 Å². The van der Waals surface area contributed by atoms with Gasteiger partial charge < -0.3 is 10.6 Å². The molecule has 0 aliphatic heterocycles. The fourth-order valence-corrected chi connectivity index (χ4v) is 5.82. The number of aryl methyl sites for hydroxylation is 1. The first-order chi connectivity index (χ1) is 12.1. The second kappa shape index (κ2) is 8.17. The second-order valence-electron chi connectivity index (χ2n) is 5.75. The average Bonchev–Trinajstić information content (AvgIpc) is 3.11. The van der Waals surface area contributed by atoms with Gasteiger partial charge in [-0.05, 0) is 38.2 Å². The van der Waals surface area contributed by atoms with Gasteiger partial charge >= 0.3 is 0 Å². The molecule has 1 amide bonds. The molecular formula is C16H19N5OS3. The Morgan fingerprint density at radius 2 is 2.08 bits per heavy atom. The Morgan fingerprint density at radius 1 is 1.28 bits per heavy atom. The second-order valence-corrected chi connectivity index (χ2v) is 9.42. The number of rotatable bonds is 5. The number of anilines is 2. The molecule has 2 aromatic heterocycles. The quantitative estimate of drug-likeness (QED) is 0.591. The van der Waals surface area contributed by atoms with Crippen LogP contribution in [0.2, 0.25) is 0 Å². The number of hydrogen-bond acceptors (Lipinski definition) is 8. The molecule has 3 rings (SSSR count). The number of amides is 1. The van der Waals surface area contributed by atoms with Crippen LogP contribution >= 0.6 is 34.4 Å². The highest BCUT2D eigenvalue weighted by Gasteiger charge is 2.23. The molecule has 0 radical (unpaired) electrons. The molecule has 1 atom stereocenters. The minimum absolute atomic E-state index is 0.112. The summed E-state index contributed by atoms with van der Waals surface area (Å²) in [4.78, 5) is 13.8. The van der Waals surface area contributed by atoms with Gasteiger partial charge in [0.05, 0.1) is 10.8 Å². The van der Waals surface area contributed by atoms with E-state index in [2.05, 4.69) is 26.9 Å². The highest BCUT2D eigenvalue weighted by Crippen LogP contribution is 2.37. The van der Waals surface area contributed by atoms with Crippen molar-refractivity contribution in [3.05, 3.63) is 16.0 Å². The third-order valence-corrected chi connectivity index (χ3v) is 7.37. The van der Waals surface area contributed by atoms with Gasteiger partial charge in [-0.3, -0.25) is 4.79 Å². The van der Waals surface area contributed by atoms with Crippen molar-refractivity contribution in [3.63, 3.8) is 0 Å². The Balaban J connectivity index is 1.71. The van der Waals surface area contributed by atoms with Gasteiger partial charge in [0.25, 0.3) is 0 Å². The summed E-state index contributed by atoms with van der Waals surface area (Å²) in [5, 5.41) is 24.6. The lowest BCUT2D eigenvalue weighted by atomic mass is 10.1. The van der Waals surface area contributed by atoms with Crippen molar-refractivity contribution >= 4 is 50.5 Å². The van der Waals surface area contributed by atoms with Gasteiger partial charge in [-0.2, -0.15) is 5.26 Å². The zero-order chi connectivity index (χ0) is 17.8. The van der Waals surface area contributed by atoms with E-state index in [1.165, 1.54) is 34.4 Å². The van der Waals surface area contributed by atoms with E-state index in [4.69, 9.17) is 0 Å². The number of carbonyl (C=O) groups is 1. The van der Waals surface area contributed by atoms with E-state index in [-0.39, 0.29) is 11.2 Å². The third kappa shape index (κ3) is 4.14. The van der Waals surface area contributed by atoms with Crippen LogP contribution in [0, 0.1) is 11.3 Å². The van der Waals surface area contributed by atoms with Crippen LogP contribution in [-0.4, -0.2) is 28.4 Å². The molecule has 132 valence electrons. The Hall–Kier alpha value is -1.63. The maximum atomic E-state index is 12.5. The number of thiophene rings is 1. The molecule has 2 N–H and O–H groups in total. The number of nitriles is 1. The molecule has 1 aliphatic carbocycles. The Bertz CT molecular complexity index is 807. The molecule has 0 fully saturated rings. The number of nitrogens with zero attached hydrogens (tertiary/aromatic N) is 3. The average molecular weight is 394 g/mol. The molecule has 0 bridgehead atoms. The zero-order valence-electron chi connectivity index (χ0n) is 14.1. The van der Waals surface area contributed by atoms with Gasteiger partial charge in [-0.1, -0.05) is 29.5 Å². The van der Waals surface area contributed by atoms with Crippen LogP contribution in [0.3, 0.4) is 0 Å². The van der Waals surface area contributed by atoms with E-state index >= 15 is 0 Å². The van der Waals surface area contributed by atoms with E-state index in [9.17, 15) is 10.1 Å². The van der Waals surface area contributed by atoms with Gasteiger partial charge in [0.1, 0.15) is 11.1 Å². The van der Waals surface area contributed by atoms with Crippen LogP contribution in [0.15, 0.2) is 4.34 Å². The first-order valence-corrected chi connectivity index (χ1v) is 10.7. The van der Waals surface area contributed by atoms with Crippen LogP contribution < -0.4 is 10.6 Å². The van der Waals surface area contributed by atoms with Crippen LogP contribution in [-0.2, 0) is 17.6 Å². The number of nitrogens with one attached hydrogen (secondary N) is 2. The van der Waals surface area contributed by atoms with Crippen LogP contribution in [0.5, 0.6) is 0 Å². The molecule has 0 saturated heterocycles. The fraction of sp³-hybridized carbons (Fsp3) is 0.500. The minimum Gasteiger partial charge on any atom is -0.363 e. The smallest absolute Gasteiger partial charge is 0.238 e. The molecule has 0 saturated carbocycles. The first kappa shape index (κ1) is 18.2. The largest absolute Gasteiger partial charge is 0.363 e. The highest BCUT2D eigenvalue weighted by molar-refractivity contribution is 8.02. The Labute approximate surface area is 159 Å². The molecule has 9 heteroatoms. The summed E-state index contributed by atoms with van der Waals surface area (Å²) >= 11 is 4.35. The van der Waals surface area contributed by atoms with Crippen LogP contribution in [0.1, 0.15) is 42.2 Å². The predicted octanol–water partition coefficient (Wildman–Crippen LogP) is 3.90. The standard InChI is InChI=1S/C16H19N5OS3/c1-9(23-16-21-20-15(18-2)25-16)13(22)19-14-11(8-17)10-6-4-3-5-7-12(10)24-14/h9H,3-7H2,1-2H3,(H,18,20)(H,19,22). The number of thioether (sulfide) groups is 1. The van der Waals surface area contributed by atoms with E-state index in [1.54, 1.807) is 18.4 Å². The lowest BCUT2D eigenvalue weighted by molar-refractivity contribution is -0.115. The van der Waals surface area contributed by atoms with Crippen molar-refractivity contribution in [2.24, 2.45) is 0 Å². The van der Waals surface area contributed by atoms with Crippen molar-refractivity contribution < 1.29 is 4.79 Å². The summed E-state index contributed by atoms with van der Waals surface area (Å²) in [5.74, 6) is -0.112. The van der Waals surface area contributed by atoms with Crippen molar-refractivity contribution in [1.29, 1.82) is 5.26 Å². The van der Waals surface area contributed by atoms with Gasteiger partial charge in [-0.25, -0.2) is 0 Å². The molecular weight excluding hydrogens is 374 g/mol. The number of fused-ring (bicyclic) bond motifs is 1. The van der Waals surface area contributed by atoms with E-state index < -0.39 is 0 Å². The summed E-state index contributed by atoms with van der Waals surface area (Å²) in [7, 11) is 1.79. The van der Waals surface area contributed by atoms with Gasteiger partial charge in [0.15, 0.2) is 4.34 Å². The molecule has 6 nitrogen and oxygen atoms in total. The molecule has 2 aromatic rings. The van der Waals surface area contributed by atoms with E-state index in [0.717, 1.165) is 40.7 Å². The normalized spacial score (nSPS) is 14.9. The minimum atomic E-state index is -0.314. The van der Waals surface area contributed by atoms with Gasteiger partial charge in [-0.15, -0.1) is 21.5 Å². The Morgan fingerprint density at radius 3 is 2.80 bits per heavy atom. The molecule has 0 aromatic carbocycles. The number of hydrogen-bond donors (Lipinski definition) is 2. The zero-order valence-corrected chi connectivity index (χ0v) is 16.5. The van der Waals surface area contributed by atoms with Gasteiger partial charge in [0, 0.05) is 11.9 Å². The predicted molar refractivity (Wildman–Crippen MR) is 104 cm³/mol. The maximum absolute atomic E-state index is 12.5. The summed E-state index contributed by atoms with van der Waals surface area (Å²) < 4.78 is 0.745. The first-order valence-electron chi connectivity index (χ1n) is 8.15. The SMILES string of the molecule is CNc1nnc(SC(C)C(=O)Nc2sc3c(c2C#N)CCCCC3)s1. The van der Waals surface area contributed by atoms with Crippen molar-refractivity contribution in [2.75, 3.05) is 17.7 Å². The maximum Gasteiger partial charge on any atom is 0.238 e. The summed E-state index contributed by atoms with van der Waals surface area (Å²) in [6, 6.07) is 2.30. The lowest BCUT2D eigenvalue weighted by Gasteiger charge is -2.09. The molecule has 1 unspecified atom stereocenters. The number of carbonyl (C=O) groups excluding carboxylic acids is 1. The third-order valence-electron chi connectivity index (χ3n) is 4.04. The van der Waals surface area contributed by atoms with Crippen molar-refractivity contribution in [3.8, 4) is 6.07 Å². The molecule has 0 spiro atoms. The topological polar surface area (TPSA) is 90.7 Å². The number of aromatic nitrogens is 2. The van der Waals surface area contributed by atoms with Gasteiger partial charge in [0.2, 0.25) is 11.0 Å². The summed E-state index contributed by atoms with van der Waals surface area (Å²) in [6.07, 6.45) is 5.42. The summed E-state index contributed by atoms with van der Waals surface area (Å²) in [5.41, 5.74) is 1.80. The monoisotopic (exact) mass is 393 g/mol. The summed E-state index contributed by atoms with van der Waals surface area (Å²) in [6.45, 7) is 1.84. The highest BCUT2D eigenvalue weighted by atomic mass is 32.2. The van der Waals surface area contributed by atoms with E-state index in [1.807, 2.05) is 6.92 Å². The lowest BCUT2D eigenvalue weighted by Crippen LogP contribution is -2.22. The molecule has 25 heavy (non-hydrogen) atoms. The van der Waals surface area contributed by atoms with Crippen LogP contribution in [0.25, 0.3) is 0 Å². The Kier molecular flexibility index (Phi) is 5.93. The fourth-order valence-electron chi connectivity index (χ4n) is 2.73. The molecule has 2 heterocycles. The van der Waals surface area contributed by atoms with Crippen LogP contribution in [0.4, 0.5) is 10.1 Å². The molecule has 1 aliphatic rings. The van der Waals surface area contributed by atoms with Crippen molar-refractivity contribution in [1.82, 2.24) is 10.2 Å². The van der Waals surface area contributed by atoms with Crippen molar-refractivity contribution in [2.45, 2.75) is 48.6 Å².